The van der Waals surface area contributed by atoms with Crippen LogP contribution >= 0.6 is 11.3 Å². The Morgan fingerprint density at radius 1 is 1.06 bits per heavy atom. The zero-order valence-electron chi connectivity index (χ0n) is 21.6. The van der Waals surface area contributed by atoms with Crippen LogP contribution in [0.25, 0.3) is 10.2 Å². The third-order valence-corrected chi connectivity index (χ3v) is 9.09. The zero-order valence-corrected chi connectivity index (χ0v) is 22.4. The van der Waals surface area contributed by atoms with E-state index in [1.165, 1.54) is 36.8 Å². The Morgan fingerprint density at radius 2 is 1.83 bits per heavy atom. The zero-order chi connectivity index (χ0) is 25.1. The van der Waals surface area contributed by atoms with Gasteiger partial charge in [-0.25, -0.2) is 4.98 Å². The smallest absolute Gasteiger partial charge is 0.254 e. The number of aromatic nitrogens is 1. The molecule has 5 rings (SSSR count). The summed E-state index contributed by atoms with van der Waals surface area (Å²) in [6, 6.07) is 14.2. The Bertz CT molecular complexity index is 1160. The average Bonchev–Trinajstić information content (AvgIpc) is 3.58. The highest BCUT2D eigenvalue weighted by atomic mass is 32.1. The number of likely N-dealkylation sites (N-methyl/N-ethyl adjacent to an activating group) is 1. The van der Waals surface area contributed by atoms with Gasteiger partial charge in [0.05, 0.1) is 36.5 Å². The van der Waals surface area contributed by atoms with Gasteiger partial charge in [-0.05, 0) is 55.5 Å². The molecule has 1 saturated carbocycles. The topological polar surface area (TPSA) is 54.9 Å². The molecule has 0 radical (unpaired) electrons. The molecule has 2 aliphatic rings. The van der Waals surface area contributed by atoms with Crippen LogP contribution in [0.1, 0.15) is 61.7 Å². The van der Waals surface area contributed by atoms with E-state index in [4.69, 9.17) is 14.5 Å². The van der Waals surface area contributed by atoms with Gasteiger partial charge < -0.3 is 19.3 Å². The van der Waals surface area contributed by atoms with Crippen molar-refractivity contribution in [3.05, 3.63) is 48.0 Å². The van der Waals surface area contributed by atoms with E-state index in [2.05, 4.69) is 29.2 Å². The first-order valence-corrected chi connectivity index (χ1v) is 14.0. The van der Waals surface area contributed by atoms with Crippen LogP contribution in [0, 0.1) is 5.92 Å². The normalized spacial score (nSPS) is 19.4. The van der Waals surface area contributed by atoms with Gasteiger partial charge >= 0.3 is 0 Å². The standard InChI is InChI=1S/C29H37N3O3S/c1-31(28(33)21-15-16-25(34-2)26(19-21)35-3)24(18-20-10-5-4-6-11-20)23-13-9-17-32(23)29-30-22-12-7-8-14-27(22)36-29/h7-8,12,14-16,19-20,23-24H,4-6,9-11,13,17-18H2,1-3H3/t23?,24-/m0/s1. The van der Waals surface area contributed by atoms with E-state index in [1.54, 1.807) is 31.6 Å². The van der Waals surface area contributed by atoms with Gasteiger partial charge in [-0.1, -0.05) is 55.6 Å². The van der Waals surface area contributed by atoms with E-state index in [1.807, 2.05) is 24.1 Å². The molecular formula is C29H37N3O3S. The second-order valence-electron chi connectivity index (χ2n) is 10.2. The highest BCUT2D eigenvalue weighted by Crippen LogP contribution is 2.38. The van der Waals surface area contributed by atoms with Crippen LogP contribution in [-0.2, 0) is 0 Å². The number of fused-ring (bicyclic) bond motifs is 1. The Hall–Kier alpha value is -2.80. The van der Waals surface area contributed by atoms with E-state index in [0.29, 0.717) is 23.0 Å². The summed E-state index contributed by atoms with van der Waals surface area (Å²) in [7, 11) is 5.21. The molecule has 2 atom stereocenters. The van der Waals surface area contributed by atoms with Crippen LogP contribution in [0.15, 0.2) is 42.5 Å². The lowest BCUT2D eigenvalue weighted by molar-refractivity contribution is 0.0671. The molecule has 0 spiro atoms. The van der Waals surface area contributed by atoms with Gasteiger partial charge in [-0.3, -0.25) is 4.79 Å². The fourth-order valence-electron chi connectivity index (χ4n) is 6.07. The van der Waals surface area contributed by atoms with Crippen LogP contribution in [0.3, 0.4) is 0 Å². The van der Waals surface area contributed by atoms with Crippen LogP contribution in [0.5, 0.6) is 11.5 Å². The lowest BCUT2D eigenvalue weighted by atomic mass is 9.82. The number of benzene rings is 2. The van der Waals surface area contributed by atoms with Gasteiger partial charge in [-0.15, -0.1) is 0 Å². The summed E-state index contributed by atoms with van der Waals surface area (Å²) in [4.78, 5) is 23.3. The summed E-state index contributed by atoms with van der Waals surface area (Å²) in [5.74, 6) is 1.92. The summed E-state index contributed by atoms with van der Waals surface area (Å²) in [6.45, 7) is 0.990. The van der Waals surface area contributed by atoms with Gasteiger partial charge in [0, 0.05) is 19.2 Å². The molecular weight excluding hydrogens is 470 g/mol. The second-order valence-corrected chi connectivity index (χ2v) is 11.2. The van der Waals surface area contributed by atoms with Crippen LogP contribution < -0.4 is 14.4 Å². The molecule has 1 aromatic heterocycles. The molecule has 1 saturated heterocycles. The molecule has 1 aliphatic carbocycles. The number of thiazole rings is 1. The molecule has 0 bridgehead atoms. The number of nitrogens with zero attached hydrogens (tertiary/aromatic N) is 3. The molecule has 2 aromatic carbocycles. The Kier molecular flexibility index (Phi) is 7.65. The summed E-state index contributed by atoms with van der Waals surface area (Å²) >= 11 is 1.77. The number of anilines is 1. The summed E-state index contributed by atoms with van der Waals surface area (Å²) in [5.41, 5.74) is 1.69. The van der Waals surface area contributed by atoms with Crippen molar-refractivity contribution in [1.29, 1.82) is 0 Å². The van der Waals surface area contributed by atoms with Crippen LogP contribution in [0.2, 0.25) is 0 Å². The van der Waals surface area contributed by atoms with Crippen molar-refractivity contribution in [2.75, 3.05) is 32.7 Å². The first-order valence-electron chi connectivity index (χ1n) is 13.2. The van der Waals surface area contributed by atoms with Gasteiger partial charge in [0.2, 0.25) is 0 Å². The Morgan fingerprint density at radius 3 is 2.58 bits per heavy atom. The minimum absolute atomic E-state index is 0.0351. The second kappa shape index (κ2) is 11.1. The quantitative estimate of drug-likeness (QED) is 0.353. The van der Waals surface area contributed by atoms with Crippen molar-refractivity contribution >= 4 is 32.6 Å². The van der Waals surface area contributed by atoms with Crippen LogP contribution in [0.4, 0.5) is 5.13 Å². The molecule has 6 nitrogen and oxygen atoms in total. The van der Waals surface area contributed by atoms with Crippen molar-refractivity contribution in [2.45, 2.75) is 63.5 Å². The van der Waals surface area contributed by atoms with Crippen molar-refractivity contribution in [2.24, 2.45) is 5.92 Å². The summed E-state index contributed by atoms with van der Waals surface area (Å²) in [6.07, 6.45) is 9.72. The predicted octanol–water partition coefficient (Wildman–Crippen LogP) is 6.39. The fraction of sp³-hybridized carbons (Fsp3) is 0.517. The fourth-order valence-corrected chi connectivity index (χ4v) is 7.12. The number of ether oxygens (including phenoxy) is 2. The number of hydrogen-bond donors (Lipinski definition) is 0. The monoisotopic (exact) mass is 507 g/mol. The van der Waals surface area contributed by atoms with Crippen molar-refractivity contribution in [1.82, 2.24) is 9.88 Å². The van der Waals surface area contributed by atoms with E-state index in [-0.39, 0.29) is 18.0 Å². The van der Waals surface area contributed by atoms with Crippen molar-refractivity contribution in [3.63, 3.8) is 0 Å². The lowest BCUT2D eigenvalue weighted by Gasteiger charge is -2.40. The Labute approximate surface area is 218 Å². The van der Waals surface area contributed by atoms with E-state index in [9.17, 15) is 4.79 Å². The van der Waals surface area contributed by atoms with Gasteiger partial charge in [-0.2, -0.15) is 0 Å². The molecule has 2 heterocycles. The maximum Gasteiger partial charge on any atom is 0.254 e. The molecule has 2 fully saturated rings. The number of carbonyl (C=O) groups excluding carboxylic acids is 1. The number of carbonyl (C=O) groups is 1. The highest BCUT2D eigenvalue weighted by Gasteiger charge is 2.38. The number of hydrogen-bond acceptors (Lipinski definition) is 6. The SMILES string of the molecule is COc1ccc(C(=O)N(C)[C@@H](CC2CCCCC2)C2CCCN2c2nc3ccccc3s2)cc1OC. The van der Waals surface area contributed by atoms with Gasteiger partial charge in [0.15, 0.2) is 16.6 Å². The number of para-hydroxylation sites is 1. The highest BCUT2D eigenvalue weighted by molar-refractivity contribution is 7.22. The number of methoxy groups -OCH3 is 2. The van der Waals surface area contributed by atoms with Crippen LogP contribution in [-0.4, -0.2) is 55.7 Å². The number of amides is 1. The van der Waals surface area contributed by atoms with Gasteiger partial charge in [0.1, 0.15) is 0 Å². The molecule has 1 unspecified atom stereocenters. The first kappa shape index (κ1) is 24.9. The summed E-state index contributed by atoms with van der Waals surface area (Å²) < 4.78 is 12.1. The third kappa shape index (κ3) is 5.03. The molecule has 7 heteroatoms. The molecule has 3 aromatic rings. The van der Waals surface area contributed by atoms with Gasteiger partial charge in [0.25, 0.3) is 5.91 Å². The predicted molar refractivity (Wildman–Crippen MR) is 147 cm³/mol. The molecule has 0 N–H and O–H groups in total. The molecule has 1 aliphatic heterocycles. The largest absolute Gasteiger partial charge is 0.493 e. The van der Waals surface area contributed by atoms with Crippen molar-refractivity contribution < 1.29 is 14.3 Å². The van der Waals surface area contributed by atoms with E-state index < -0.39 is 0 Å². The maximum absolute atomic E-state index is 13.8. The Balaban J connectivity index is 1.45. The minimum atomic E-state index is 0.0351. The maximum atomic E-state index is 13.8. The minimum Gasteiger partial charge on any atom is -0.493 e. The first-order chi connectivity index (χ1) is 17.6. The van der Waals surface area contributed by atoms with E-state index in [0.717, 1.165) is 36.5 Å². The molecule has 192 valence electrons. The number of rotatable bonds is 8. The third-order valence-electron chi connectivity index (χ3n) is 8.02. The van der Waals surface area contributed by atoms with E-state index >= 15 is 0 Å². The molecule has 1 amide bonds. The average molecular weight is 508 g/mol. The molecule has 36 heavy (non-hydrogen) atoms. The summed E-state index contributed by atoms with van der Waals surface area (Å²) in [5, 5.41) is 1.08. The lowest BCUT2D eigenvalue weighted by Crippen LogP contribution is -2.51. The van der Waals surface area contributed by atoms with Crippen molar-refractivity contribution in [3.8, 4) is 11.5 Å².